The zero-order valence-corrected chi connectivity index (χ0v) is 12.4. The van der Waals surface area contributed by atoms with Gasteiger partial charge in [0, 0.05) is 5.57 Å². The van der Waals surface area contributed by atoms with Crippen LogP contribution in [-0.4, -0.2) is 22.7 Å². The first-order valence-electron chi connectivity index (χ1n) is 7.20. The molecule has 0 radical (unpaired) electrons. The molecule has 1 atom stereocenters. The van der Waals surface area contributed by atoms with Gasteiger partial charge in [0.15, 0.2) is 0 Å². The van der Waals surface area contributed by atoms with Crippen LogP contribution in [0.15, 0.2) is 12.2 Å². The molecule has 1 aliphatic carbocycles. The topological polar surface area (TPSA) is 58.6 Å². The van der Waals surface area contributed by atoms with E-state index in [0.29, 0.717) is 11.5 Å². The Bertz CT molecular complexity index is 319. The fourth-order valence-electron chi connectivity index (χ4n) is 2.48. The minimum absolute atomic E-state index is 0.194. The van der Waals surface area contributed by atoms with Crippen molar-refractivity contribution in [3.8, 4) is 0 Å². The minimum atomic E-state index is -0.746. The largest absolute Gasteiger partial charge is 0.388 e. The van der Waals surface area contributed by atoms with Gasteiger partial charge in [-0.1, -0.05) is 33.3 Å². The van der Waals surface area contributed by atoms with Crippen LogP contribution in [0.5, 0.6) is 0 Å². The quantitative estimate of drug-likeness (QED) is 0.551. The lowest BCUT2D eigenvalue weighted by Crippen LogP contribution is -2.49. The fraction of sp³-hybridized carbons (Fsp3) is 0.800. The molecule has 0 aliphatic heterocycles. The van der Waals surface area contributed by atoms with Gasteiger partial charge in [-0.15, -0.1) is 5.48 Å². The summed E-state index contributed by atoms with van der Waals surface area (Å²) >= 11 is 0. The van der Waals surface area contributed by atoms with E-state index in [2.05, 4.69) is 25.9 Å². The van der Waals surface area contributed by atoms with Gasteiger partial charge in [-0.2, -0.15) is 0 Å². The number of carbonyl (C=O) groups is 1. The van der Waals surface area contributed by atoms with Gasteiger partial charge in [0.1, 0.15) is 0 Å². The van der Waals surface area contributed by atoms with Gasteiger partial charge in [-0.25, -0.2) is 4.79 Å². The smallest absolute Gasteiger partial charge is 0.351 e. The van der Waals surface area contributed by atoms with Crippen LogP contribution in [0, 0.1) is 5.92 Å². The molecule has 19 heavy (non-hydrogen) atoms. The van der Waals surface area contributed by atoms with Crippen molar-refractivity contribution < 1.29 is 14.7 Å². The third kappa shape index (κ3) is 4.96. The number of rotatable bonds is 7. The van der Waals surface area contributed by atoms with Crippen molar-refractivity contribution in [2.45, 2.75) is 70.9 Å². The van der Waals surface area contributed by atoms with Crippen LogP contribution in [0.3, 0.4) is 0 Å². The van der Waals surface area contributed by atoms with Gasteiger partial charge in [0.05, 0.1) is 11.6 Å². The van der Waals surface area contributed by atoms with Crippen LogP contribution in [0.25, 0.3) is 0 Å². The van der Waals surface area contributed by atoms with Crippen molar-refractivity contribution in [2.75, 3.05) is 0 Å². The number of aliphatic hydroxyl groups is 1. The van der Waals surface area contributed by atoms with Gasteiger partial charge in [0.25, 0.3) is 0 Å². The van der Waals surface area contributed by atoms with Crippen LogP contribution in [0.2, 0.25) is 0 Å². The molecule has 0 amide bonds. The number of hydroxylamine groups is 1. The molecule has 110 valence electrons. The van der Waals surface area contributed by atoms with E-state index in [0.717, 1.165) is 38.5 Å². The molecular formula is C15H27NO3. The Morgan fingerprint density at radius 3 is 2.42 bits per heavy atom. The molecule has 4 nitrogen and oxygen atoms in total. The molecule has 0 saturated heterocycles. The Balaban J connectivity index is 2.58. The summed E-state index contributed by atoms with van der Waals surface area (Å²) in [5.41, 5.74) is 2.39. The summed E-state index contributed by atoms with van der Waals surface area (Å²) in [5.74, 6) is 0.0993. The molecule has 0 spiro atoms. The highest BCUT2D eigenvalue weighted by atomic mass is 16.7. The summed E-state index contributed by atoms with van der Waals surface area (Å²) in [4.78, 5) is 16.5. The first-order valence-corrected chi connectivity index (χ1v) is 7.20. The maximum absolute atomic E-state index is 11.4. The van der Waals surface area contributed by atoms with Gasteiger partial charge < -0.3 is 9.94 Å². The molecular weight excluding hydrogens is 242 g/mol. The molecule has 1 saturated carbocycles. The molecule has 0 aromatic rings. The Morgan fingerprint density at radius 1 is 1.37 bits per heavy atom. The summed E-state index contributed by atoms with van der Waals surface area (Å²) in [6, 6.07) is -0.194. The third-order valence-electron chi connectivity index (χ3n) is 3.79. The summed E-state index contributed by atoms with van der Waals surface area (Å²) in [5, 5.41) is 10.6. The molecule has 0 heterocycles. The number of hydrogen-bond donors (Lipinski definition) is 2. The molecule has 4 heteroatoms. The maximum Gasteiger partial charge on any atom is 0.351 e. The van der Waals surface area contributed by atoms with Crippen molar-refractivity contribution in [2.24, 2.45) is 5.92 Å². The molecule has 0 unspecified atom stereocenters. The van der Waals surface area contributed by atoms with Crippen LogP contribution in [0.4, 0.5) is 0 Å². The zero-order valence-electron chi connectivity index (χ0n) is 12.4. The van der Waals surface area contributed by atoms with E-state index >= 15 is 0 Å². The Kier molecular flexibility index (Phi) is 6.01. The highest BCUT2D eigenvalue weighted by Gasteiger charge is 2.40. The highest BCUT2D eigenvalue weighted by Crippen LogP contribution is 2.34. The summed E-state index contributed by atoms with van der Waals surface area (Å²) in [7, 11) is 0. The number of hydrogen-bond acceptors (Lipinski definition) is 4. The summed E-state index contributed by atoms with van der Waals surface area (Å²) < 4.78 is 0. The maximum atomic E-state index is 11.4. The Hall–Kier alpha value is -0.870. The molecule has 1 aliphatic rings. The lowest BCUT2D eigenvalue weighted by Gasteiger charge is -2.33. The molecule has 0 bridgehead atoms. The van der Waals surface area contributed by atoms with E-state index in [9.17, 15) is 9.90 Å². The lowest BCUT2D eigenvalue weighted by atomic mass is 9.88. The summed E-state index contributed by atoms with van der Waals surface area (Å²) in [6.45, 7) is 9.45. The van der Waals surface area contributed by atoms with E-state index in [-0.39, 0.29) is 6.04 Å². The Labute approximate surface area is 116 Å². The van der Waals surface area contributed by atoms with Crippen molar-refractivity contribution in [1.82, 2.24) is 5.48 Å². The first-order chi connectivity index (χ1) is 8.85. The molecule has 1 fully saturated rings. The van der Waals surface area contributed by atoms with Gasteiger partial charge in [-0.3, -0.25) is 0 Å². The van der Waals surface area contributed by atoms with Crippen LogP contribution in [-0.2, 0) is 9.63 Å². The van der Waals surface area contributed by atoms with E-state index in [1.54, 1.807) is 6.92 Å². The van der Waals surface area contributed by atoms with E-state index < -0.39 is 11.6 Å². The van der Waals surface area contributed by atoms with E-state index in [1.165, 1.54) is 0 Å². The molecule has 0 aromatic carbocycles. The zero-order chi connectivity index (χ0) is 14.5. The van der Waals surface area contributed by atoms with Crippen molar-refractivity contribution in [3.63, 3.8) is 0 Å². The van der Waals surface area contributed by atoms with Crippen LogP contribution < -0.4 is 5.48 Å². The average Bonchev–Trinajstić information content (AvgIpc) is 2.76. The fourth-order valence-corrected chi connectivity index (χ4v) is 2.48. The highest BCUT2D eigenvalue weighted by molar-refractivity contribution is 5.86. The van der Waals surface area contributed by atoms with Crippen LogP contribution >= 0.6 is 0 Å². The van der Waals surface area contributed by atoms with Gasteiger partial charge in [0.2, 0.25) is 0 Å². The van der Waals surface area contributed by atoms with E-state index in [1.807, 2.05) is 0 Å². The van der Waals surface area contributed by atoms with Crippen LogP contribution in [0.1, 0.15) is 59.3 Å². The molecule has 0 aromatic heterocycles. The summed E-state index contributed by atoms with van der Waals surface area (Å²) in [6.07, 6.45) is 5.40. The predicted octanol–water partition coefficient (Wildman–Crippen LogP) is 2.72. The standard InChI is InChI=1S/C15H27NO3/c1-11(2)7-8-13(15(18)9-5-6-10-15)16-19-14(17)12(3)4/h11,13,16,18H,3,5-10H2,1-2,4H3/t13-/m0/s1. The van der Waals surface area contributed by atoms with Crippen molar-refractivity contribution in [3.05, 3.63) is 12.2 Å². The average molecular weight is 269 g/mol. The van der Waals surface area contributed by atoms with Gasteiger partial charge >= 0.3 is 5.97 Å². The normalized spacial score (nSPS) is 19.4. The van der Waals surface area contributed by atoms with Crippen molar-refractivity contribution >= 4 is 5.97 Å². The predicted molar refractivity (Wildman–Crippen MR) is 75.3 cm³/mol. The minimum Gasteiger partial charge on any atom is -0.388 e. The molecule has 1 rings (SSSR count). The second-order valence-electron chi connectivity index (χ2n) is 6.12. The first kappa shape index (κ1) is 16.2. The van der Waals surface area contributed by atoms with E-state index in [4.69, 9.17) is 4.84 Å². The number of nitrogens with one attached hydrogen (secondary N) is 1. The SMILES string of the molecule is C=C(C)C(=O)ON[C@@H](CCC(C)C)C1(O)CCCC1. The monoisotopic (exact) mass is 269 g/mol. The second kappa shape index (κ2) is 7.06. The Morgan fingerprint density at radius 2 is 1.95 bits per heavy atom. The van der Waals surface area contributed by atoms with Gasteiger partial charge in [-0.05, 0) is 38.5 Å². The molecule has 2 N–H and O–H groups in total. The number of carbonyl (C=O) groups excluding carboxylic acids is 1. The lowest BCUT2D eigenvalue weighted by molar-refractivity contribution is -0.153. The third-order valence-corrected chi connectivity index (χ3v) is 3.79. The van der Waals surface area contributed by atoms with Crippen molar-refractivity contribution in [1.29, 1.82) is 0 Å². The second-order valence-corrected chi connectivity index (χ2v) is 6.12.